The molecule has 0 heterocycles. The zero-order valence-corrected chi connectivity index (χ0v) is 10.9. The maximum absolute atomic E-state index is 13.5. The summed E-state index contributed by atoms with van der Waals surface area (Å²) in [5.41, 5.74) is 7.02. The number of carbonyl (C=O) groups is 1. The number of aryl methyl sites for hydroxylation is 1. The van der Waals surface area contributed by atoms with E-state index in [4.69, 9.17) is 5.73 Å². The smallest absolute Gasteiger partial charge is 0.248 e. The van der Waals surface area contributed by atoms with Crippen LogP contribution in [-0.2, 0) is 6.54 Å². The Morgan fingerprint density at radius 1 is 1.20 bits per heavy atom. The Labute approximate surface area is 115 Å². The van der Waals surface area contributed by atoms with Crippen molar-refractivity contribution < 1.29 is 13.6 Å². The number of amides is 1. The van der Waals surface area contributed by atoms with E-state index in [-0.39, 0.29) is 12.1 Å². The fraction of sp³-hybridized carbons (Fsp3) is 0.133. The summed E-state index contributed by atoms with van der Waals surface area (Å²) in [4.78, 5) is 11.0. The van der Waals surface area contributed by atoms with E-state index >= 15 is 0 Å². The monoisotopic (exact) mass is 276 g/mol. The highest BCUT2D eigenvalue weighted by molar-refractivity contribution is 5.93. The number of hydrogen-bond acceptors (Lipinski definition) is 2. The molecule has 0 fully saturated rings. The molecule has 0 saturated heterocycles. The summed E-state index contributed by atoms with van der Waals surface area (Å²) in [5, 5.41) is 2.94. The average Bonchev–Trinajstić information content (AvgIpc) is 2.39. The van der Waals surface area contributed by atoms with Gasteiger partial charge in [-0.05, 0) is 42.8 Å². The molecule has 0 spiro atoms. The van der Waals surface area contributed by atoms with Gasteiger partial charge in [-0.1, -0.05) is 6.07 Å². The first kappa shape index (κ1) is 14.0. The van der Waals surface area contributed by atoms with Crippen molar-refractivity contribution >= 4 is 11.6 Å². The SMILES string of the molecule is Cc1cc(C(N)=O)ccc1NCc1c(F)cccc1F. The van der Waals surface area contributed by atoms with Crippen molar-refractivity contribution in [2.24, 2.45) is 5.73 Å². The predicted octanol–water partition coefficient (Wildman–Crippen LogP) is 2.98. The van der Waals surface area contributed by atoms with E-state index in [0.29, 0.717) is 11.3 Å². The van der Waals surface area contributed by atoms with Crippen LogP contribution in [0.3, 0.4) is 0 Å². The first-order valence-electron chi connectivity index (χ1n) is 6.06. The Kier molecular flexibility index (Phi) is 3.98. The van der Waals surface area contributed by atoms with Crippen molar-refractivity contribution in [2.75, 3.05) is 5.32 Å². The molecule has 104 valence electrons. The molecule has 2 rings (SSSR count). The summed E-state index contributed by atoms with van der Waals surface area (Å²) in [6.45, 7) is 1.81. The molecule has 5 heteroatoms. The Bertz CT molecular complexity index is 636. The number of carbonyl (C=O) groups excluding carboxylic acids is 1. The average molecular weight is 276 g/mol. The fourth-order valence-electron chi connectivity index (χ4n) is 1.90. The molecule has 0 aliphatic rings. The van der Waals surface area contributed by atoms with Crippen molar-refractivity contribution in [3.8, 4) is 0 Å². The zero-order valence-electron chi connectivity index (χ0n) is 10.9. The van der Waals surface area contributed by atoms with Gasteiger partial charge in [0.25, 0.3) is 0 Å². The van der Waals surface area contributed by atoms with Crippen molar-refractivity contribution in [3.05, 3.63) is 64.7 Å². The normalized spacial score (nSPS) is 10.3. The van der Waals surface area contributed by atoms with Crippen LogP contribution in [0, 0.1) is 18.6 Å². The molecule has 0 aliphatic carbocycles. The number of rotatable bonds is 4. The number of primary amides is 1. The Hall–Kier alpha value is -2.43. The number of halogens is 2. The van der Waals surface area contributed by atoms with Gasteiger partial charge in [0.15, 0.2) is 0 Å². The lowest BCUT2D eigenvalue weighted by Gasteiger charge is -2.11. The van der Waals surface area contributed by atoms with Gasteiger partial charge in [0, 0.05) is 23.4 Å². The van der Waals surface area contributed by atoms with E-state index in [1.807, 2.05) is 0 Å². The molecule has 1 amide bonds. The van der Waals surface area contributed by atoms with Crippen molar-refractivity contribution in [2.45, 2.75) is 13.5 Å². The van der Waals surface area contributed by atoms with Gasteiger partial charge in [-0.2, -0.15) is 0 Å². The Morgan fingerprint density at radius 2 is 1.85 bits per heavy atom. The molecule has 0 atom stereocenters. The lowest BCUT2D eigenvalue weighted by molar-refractivity contribution is 0.1000. The van der Waals surface area contributed by atoms with Crippen LogP contribution < -0.4 is 11.1 Å². The second-order valence-electron chi connectivity index (χ2n) is 4.45. The maximum atomic E-state index is 13.5. The molecule has 0 radical (unpaired) electrons. The van der Waals surface area contributed by atoms with E-state index in [1.54, 1.807) is 25.1 Å². The second kappa shape index (κ2) is 5.69. The summed E-state index contributed by atoms with van der Waals surface area (Å²) >= 11 is 0. The van der Waals surface area contributed by atoms with Gasteiger partial charge in [0.2, 0.25) is 5.91 Å². The highest BCUT2D eigenvalue weighted by Crippen LogP contribution is 2.19. The number of hydrogen-bond donors (Lipinski definition) is 2. The van der Waals surface area contributed by atoms with Crippen LogP contribution in [-0.4, -0.2) is 5.91 Å². The van der Waals surface area contributed by atoms with E-state index in [1.165, 1.54) is 18.2 Å². The molecule has 0 aliphatic heterocycles. The van der Waals surface area contributed by atoms with Crippen molar-refractivity contribution in [1.29, 1.82) is 0 Å². The molecule has 0 bridgehead atoms. The van der Waals surface area contributed by atoms with E-state index in [0.717, 1.165) is 5.56 Å². The molecular weight excluding hydrogens is 262 g/mol. The quantitative estimate of drug-likeness (QED) is 0.902. The summed E-state index contributed by atoms with van der Waals surface area (Å²) in [6.07, 6.45) is 0. The zero-order chi connectivity index (χ0) is 14.7. The minimum absolute atomic E-state index is 0.0223. The summed E-state index contributed by atoms with van der Waals surface area (Å²) in [5.74, 6) is -1.70. The predicted molar refractivity (Wildman–Crippen MR) is 73.4 cm³/mol. The fourth-order valence-corrected chi connectivity index (χ4v) is 1.90. The molecule has 3 nitrogen and oxygen atoms in total. The molecule has 0 unspecified atom stereocenters. The number of benzene rings is 2. The Balaban J connectivity index is 2.17. The topological polar surface area (TPSA) is 55.1 Å². The third-order valence-electron chi connectivity index (χ3n) is 3.03. The third kappa shape index (κ3) is 2.93. The number of nitrogens with one attached hydrogen (secondary N) is 1. The minimum atomic E-state index is -0.594. The number of anilines is 1. The molecule has 20 heavy (non-hydrogen) atoms. The van der Waals surface area contributed by atoms with Gasteiger partial charge in [0.05, 0.1) is 0 Å². The molecule has 0 aromatic heterocycles. The van der Waals surface area contributed by atoms with Crippen molar-refractivity contribution in [1.82, 2.24) is 0 Å². The van der Waals surface area contributed by atoms with Crippen molar-refractivity contribution in [3.63, 3.8) is 0 Å². The van der Waals surface area contributed by atoms with Gasteiger partial charge in [0.1, 0.15) is 11.6 Å². The van der Waals surface area contributed by atoms with Crippen LogP contribution in [0.5, 0.6) is 0 Å². The van der Waals surface area contributed by atoms with Gasteiger partial charge in [-0.25, -0.2) is 8.78 Å². The van der Waals surface area contributed by atoms with E-state index < -0.39 is 17.5 Å². The lowest BCUT2D eigenvalue weighted by Crippen LogP contribution is -2.12. The summed E-state index contributed by atoms with van der Waals surface area (Å²) < 4.78 is 27.0. The van der Waals surface area contributed by atoms with Crippen LogP contribution in [0.15, 0.2) is 36.4 Å². The molecule has 2 aromatic carbocycles. The summed E-state index contributed by atoms with van der Waals surface area (Å²) in [6, 6.07) is 8.60. The van der Waals surface area contributed by atoms with E-state index in [2.05, 4.69) is 5.32 Å². The highest BCUT2D eigenvalue weighted by Gasteiger charge is 2.09. The molecular formula is C15H14F2N2O. The van der Waals surface area contributed by atoms with Gasteiger partial charge in [-0.3, -0.25) is 4.79 Å². The van der Waals surface area contributed by atoms with Crippen LogP contribution in [0.25, 0.3) is 0 Å². The highest BCUT2D eigenvalue weighted by atomic mass is 19.1. The standard InChI is InChI=1S/C15H14F2N2O/c1-9-7-10(15(18)20)5-6-14(9)19-8-11-12(16)3-2-4-13(11)17/h2-7,19H,8H2,1H3,(H2,18,20). The van der Waals surface area contributed by atoms with Crippen LogP contribution in [0.4, 0.5) is 14.5 Å². The largest absolute Gasteiger partial charge is 0.381 e. The Morgan fingerprint density at radius 3 is 2.40 bits per heavy atom. The van der Waals surface area contributed by atoms with Crippen LogP contribution >= 0.6 is 0 Å². The molecule has 0 saturated carbocycles. The maximum Gasteiger partial charge on any atom is 0.248 e. The van der Waals surface area contributed by atoms with Crippen LogP contribution in [0.1, 0.15) is 21.5 Å². The summed E-state index contributed by atoms with van der Waals surface area (Å²) in [7, 11) is 0. The molecule has 3 N–H and O–H groups in total. The van der Waals surface area contributed by atoms with Crippen LogP contribution in [0.2, 0.25) is 0 Å². The minimum Gasteiger partial charge on any atom is -0.381 e. The van der Waals surface area contributed by atoms with E-state index in [9.17, 15) is 13.6 Å². The van der Waals surface area contributed by atoms with Gasteiger partial charge >= 0.3 is 0 Å². The van der Waals surface area contributed by atoms with Gasteiger partial charge < -0.3 is 11.1 Å². The third-order valence-corrected chi connectivity index (χ3v) is 3.03. The first-order valence-corrected chi connectivity index (χ1v) is 6.06. The lowest BCUT2D eigenvalue weighted by atomic mass is 10.1. The molecule has 2 aromatic rings. The van der Waals surface area contributed by atoms with Gasteiger partial charge in [-0.15, -0.1) is 0 Å². The first-order chi connectivity index (χ1) is 9.49. The second-order valence-corrected chi connectivity index (χ2v) is 4.45. The number of nitrogens with two attached hydrogens (primary N) is 1.